The molecule has 0 aliphatic carbocycles. The van der Waals surface area contributed by atoms with Gasteiger partial charge in [0.2, 0.25) is 5.89 Å². The largest absolute Gasteiger partial charge is 0.338 e. The van der Waals surface area contributed by atoms with Crippen molar-refractivity contribution in [1.29, 1.82) is 0 Å². The maximum absolute atomic E-state index is 5.04. The molecule has 0 saturated carbocycles. The minimum Gasteiger partial charge on any atom is -0.338 e. The predicted molar refractivity (Wildman–Crippen MR) is 56.7 cm³/mol. The van der Waals surface area contributed by atoms with Gasteiger partial charge in [-0.05, 0) is 14.0 Å². The van der Waals surface area contributed by atoms with Crippen LogP contribution in [0.4, 0.5) is 0 Å². The summed E-state index contributed by atoms with van der Waals surface area (Å²) in [6, 6.07) is 0. The lowest BCUT2D eigenvalue weighted by Gasteiger charge is -1.88. The molecule has 0 aliphatic heterocycles. The van der Waals surface area contributed by atoms with E-state index in [-0.39, 0.29) is 0 Å². The average molecular weight is 224 g/mol. The van der Waals surface area contributed by atoms with Gasteiger partial charge >= 0.3 is 0 Å². The average Bonchev–Trinajstić information content (AvgIpc) is 2.78. The highest BCUT2D eigenvalue weighted by Crippen LogP contribution is 2.12. The first-order valence-corrected chi connectivity index (χ1v) is 5.53. The minimum absolute atomic E-state index is 0.601. The number of nitrogens with one attached hydrogen (secondary N) is 1. The van der Waals surface area contributed by atoms with Gasteiger partial charge in [-0.2, -0.15) is 4.98 Å². The summed E-state index contributed by atoms with van der Waals surface area (Å²) in [7, 11) is 1.84. The van der Waals surface area contributed by atoms with Crippen LogP contribution < -0.4 is 5.32 Å². The normalized spacial score (nSPS) is 10.8. The molecule has 0 radical (unpaired) electrons. The molecule has 2 aromatic rings. The fraction of sp³-hybridized carbons (Fsp3) is 0.444. The van der Waals surface area contributed by atoms with E-state index in [9.17, 15) is 0 Å². The van der Waals surface area contributed by atoms with Crippen LogP contribution in [0.2, 0.25) is 0 Å². The lowest BCUT2D eigenvalue weighted by Crippen LogP contribution is -2.05. The summed E-state index contributed by atoms with van der Waals surface area (Å²) < 4.78 is 5.04. The van der Waals surface area contributed by atoms with Crippen molar-refractivity contribution in [3.63, 3.8) is 0 Å². The Bertz CT molecular complexity index is 437. The number of rotatable bonds is 4. The van der Waals surface area contributed by atoms with Crippen molar-refractivity contribution >= 4 is 11.3 Å². The SMILES string of the molecule is CNCc1nc(Cc2nc(C)cs2)no1. The van der Waals surface area contributed by atoms with Crippen molar-refractivity contribution in [2.24, 2.45) is 0 Å². The molecule has 0 amide bonds. The number of hydrogen-bond acceptors (Lipinski definition) is 6. The molecule has 0 saturated heterocycles. The van der Waals surface area contributed by atoms with Gasteiger partial charge in [-0.3, -0.25) is 0 Å². The van der Waals surface area contributed by atoms with Gasteiger partial charge in [0.15, 0.2) is 5.82 Å². The van der Waals surface area contributed by atoms with Crippen LogP contribution in [0.1, 0.15) is 22.4 Å². The molecule has 15 heavy (non-hydrogen) atoms. The summed E-state index contributed by atoms with van der Waals surface area (Å²) in [4.78, 5) is 8.57. The summed E-state index contributed by atoms with van der Waals surface area (Å²) in [6.45, 7) is 2.58. The smallest absolute Gasteiger partial charge is 0.240 e. The molecule has 2 heterocycles. The number of thiazole rings is 1. The fourth-order valence-corrected chi connectivity index (χ4v) is 1.97. The van der Waals surface area contributed by atoms with Gasteiger partial charge in [-0.25, -0.2) is 4.98 Å². The second-order valence-corrected chi connectivity index (χ2v) is 4.14. The van der Waals surface area contributed by atoms with Crippen LogP contribution in [0.5, 0.6) is 0 Å². The van der Waals surface area contributed by atoms with Crippen LogP contribution in [0.25, 0.3) is 0 Å². The standard InChI is InChI=1S/C9H12N4OS/c1-6-5-15-9(11-6)3-7-12-8(4-10-2)14-13-7/h5,10H,3-4H2,1-2H3. The molecule has 0 spiro atoms. The maximum Gasteiger partial charge on any atom is 0.240 e. The highest BCUT2D eigenvalue weighted by atomic mass is 32.1. The van der Waals surface area contributed by atoms with Crippen molar-refractivity contribution in [1.82, 2.24) is 20.4 Å². The van der Waals surface area contributed by atoms with Crippen LogP contribution in [0.3, 0.4) is 0 Å². The van der Waals surface area contributed by atoms with Crippen LogP contribution >= 0.6 is 11.3 Å². The molecule has 1 N–H and O–H groups in total. The highest BCUT2D eigenvalue weighted by molar-refractivity contribution is 7.09. The first-order valence-electron chi connectivity index (χ1n) is 4.65. The van der Waals surface area contributed by atoms with E-state index >= 15 is 0 Å². The van der Waals surface area contributed by atoms with Gasteiger partial charge in [0.1, 0.15) is 5.01 Å². The van der Waals surface area contributed by atoms with E-state index in [2.05, 4.69) is 20.4 Å². The van der Waals surface area contributed by atoms with Crippen LogP contribution in [-0.2, 0) is 13.0 Å². The molecule has 0 bridgehead atoms. The second-order valence-electron chi connectivity index (χ2n) is 3.19. The third kappa shape index (κ3) is 2.60. The molecule has 80 valence electrons. The fourth-order valence-electron chi connectivity index (χ4n) is 1.20. The second kappa shape index (κ2) is 4.50. The van der Waals surface area contributed by atoms with E-state index in [1.807, 2.05) is 19.4 Å². The van der Waals surface area contributed by atoms with Crippen LogP contribution in [0.15, 0.2) is 9.90 Å². The van der Waals surface area contributed by atoms with E-state index in [0.29, 0.717) is 24.7 Å². The van der Waals surface area contributed by atoms with Gasteiger partial charge in [0, 0.05) is 11.1 Å². The monoisotopic (exact) mass is 224 g/mol. The lowest BCUT2D eigenvalue weighted by molar-refractivity contribution is 0.367. The van der Waals surface area contributed by atoms with Crippen molar-refractivity contribution in [2.75, 3.05) is 7.05 Å². The summed E-state index contributed by atoms with van der Waals surface area (Å²) in [5, 5.41) is 9.87. The molecular weight excluding hydrogens is 212 g/mol. The Morgan fingerprint density at radius 3 is 3.00 bits per heavy atom. The minimum atomic E-state index is 0.601. The number of hydrogen-bond donors (Lipinski definition) is 1. The molecule has 0 aliphatic rings. The topological polar surface area (TPSA) is 63.8 Å². The zero-order valence-corrected chi connectivity index (χ0v) is 9.47. The molecule has 0 fully saturated rings. The first kappa shape index (κ1) is 10.3. The van der Waals surface area contributed by atoms with E-state index in [4.69, 9.17) is 4.52 Å². The van der Waals surface area contributed by atoms with Gasteiger partial charge in [0.25, 0.3) is 0 Å². The van der Waals surface area contributed by atoms with Gasteiger partial charge in [-0.15, -0.1) is 11.3 Å². The molecule has 2 rings (SSSR count). The first-order chi connectivity index (χ1) is 7.28. The molecule has 0 aromatic carbocycles. The van der Waals surface area contributed by atoms with Crippen molar-refractivity contribution in [3.8, 4) is 0 Å². The van der Waals surface area contributed by atoms with Crippen molar-refractivity contribution < 1.29 is 4.52 Å². The summed E-state index contributed by atoms with van der Waals surface area (Å²) >= 11 is 1.62. The number of aromatic nitrogens is 3. The van der Waals surface area contributed by atoms with Gasteiger partial charge in [-0.1, -0.05) is 5.16 Å². The summed E-state index contributed by atoms with van der Waals surface area (Å²) in [6.07, 6.45) is 0.645. The molecule has 5 nitrogen and oxygen atoms in total. The zero-order chi connectivity index (χ0) is 10.7. The van der Waals surface area contributed by atoms with Gasteiger partial charge < -0.3 is 9.84 Å². The Balaban J connectivity index is 2.04. The highest BCUT2D eigenvalue weighted by Gasteiger charge is 2.08. The predicted octanol–water partition coefficient (Wildman–Crippen LogP) is 1.14. The lowest BCUT2D eigenvalue weighted by atomic mass is 10.4. The van der Waals surface area contributed by atoms with E-state index in [1.54, 1.807) is 11.3 Å². The Hall–Kier alpha value is -1.27. The quantitative estimate of drug-likeness (QED) is 0.843. The van der Waals surface area contributed by atoms with E-state index in [0.717, 1.165) is 10.7 Å². The Morgan fingerprint density at radius 2 is 2.33 bits per heavy atom. The summed E-state index contributed by atoms with van der Waals surface area (Å²) in [5.41, 5.74) is 1.04. The number of nitrogens with zero attached hydrogens (tertiary/aromatic N) is 3. The molecular formula is C9H12N4OS. The van der Waals surface area contributed by atoms with Crippen molar-refractivity contribution in [3.05, 3.63) is 27.8 Å². The Morgan fingerprint density at radius 1 is 1.47 bits per heavy atom. The van der Waals surface area contributed by atoms with Crippen LogP contribution in [0, 0.1) is 6.92 Å². The summed E-state index contributed by atoms with van der Waals surface area (Å²) in [5.74, 6) is 1.30. The van der Waals surface area contributed by atoms with Gasteiger partial charge in [0.05, 0.1) is 13.0 Å². The zero-order valence-electron chi connectivity index (χ0n) is 8.65. The molecule has 6 heteroatoms. The maximum atomic E-state index is 5.04. The third-order valence-electron chi connectivity index (χ3n) is 1.81. The Kier molecular flexibility index (Phi) is 3.08. The van der Waals surface area contributed by atoms with E-state index < -0.39 is 0 Å². The van der Waals surface area contributed by atoms with Crippen molar-refractivity contribution in [2.45, 2.75) is 19.9 Å². The Labute approximate surface area is 91.5 Å². The molecule has 2 aromatic heterocycles. The van der Waals surface area contributed by atoms with Crippen LogP contribution in [-0.4, -0.2) is 22.2 Å². The molecule has 0 unspecified atom stereocenters. The third-order valence-corrected chi connectivity index (χ3v) is 2.78. The van der Waals surface area contributed by atoms with E-state index in [1.165, 1.54) is 0 Å². The number of aryl methyl sites for hydroxylation is 1. The molecule has 0 atom stereocenters.